The topological polar surface area (TPSA) is 172 Å². The number of amides is 4. The summed E-state index contributed by atoms with van der Waals surface area (Å²) < 4.78 is 9.19. The Morgan fingerprint density at radius 3 is 2.53 bits per heavy atom. The number of hydrogen-bond donors (Lipinski definition) is 2. The molecule has 2 aromatic carbocycles. The number of ether oxygens (including phenoxy) is 1. The van der Waals surface area contributed by atoms with Crippen LogP contribution in [0.25, 0.3) is 21.8 Å². The van der Waals surface area contributed by atoms with Crippen LogP contribution in [-0.4, -0.2) is 110 Å². The third-order valence-corrected chi connectivity index (χ3v) is 16.2. The second-order valence-corrected chi connectivity index (χ2v) is 26.0. The maximum Gasteiger partial charge on any atom is 0.416 e. The minimum absolute atomic E-state index is 0.00511. The first-order valence-electron chi connectivity index (χ1n) is 24.2. The van der Waals surface area contributed by atoms with Crippen LogP contribution in [0, 0.1) is 24.7 Å². The molecule has 5 aromatic rings. The summed E-state index contributed by atoms with van der Waals surface area (Å²) in [4.78, 5) is 75.5. The van der Waals surface area contributed by atoms with E-state index in [1.165, 1.54) is 9.47 Å². The van der Waals surface area contributed by atoms with E-state index in [0.29, 0.717) is 46.7 Å². The third-order valence-electron chi connectivity index (χ3n) is 14.5. The van der Waals surface area contributed by atoms with Gasteiger partial charge >= 0.3 is 6.09 Å². The third kappa shape index (κ3) is 9.61. The van der Waals surface area contributed by atoms with Gasteiger partial charge in [0.15, 0.2) is 0 Å². The lowest BCUT2D eigenvalue weighted by Gasteiger charge is -2.35. The van der Waals surface area contributed by atoms with Crippen LogP contribution in [0.15, 0.2) is 54.7 Å². The first-order chi connectivity index (χ1) is 32.6. The first-order valence-corrected chi connectivity index (χ1v) is 27.9. The number of fused-ring (bicyclic) bond motifs is 3. The van der Waals surface area contributed by atoms with Crippen LogP contribution >= 0.6 is 0 Å². The van der Waals surface area contributed by atoms with Crippen molar-refractivity contribution in [1.82, 2.24) is 34.0 Å². The number of aryl methyl sites for hydroxylation is 1. The number of imide groups is 1. The monoisotopic (exact) mass is 938 g/mol. The van der Waals surface area contributed by atoms with Gasteiger partial charge in [0.2, 0.25) is 5.91 Å². The fourth-order valence-corrected chi connectivity index (χ4v) is 11.4. The summed E-state index contributed by atoms with van der Waals surface area (Å²) in [6.07, 6.45) is 9.81. The van der Waals surface area contributed by atoms with Crippen LogP contribution in [0.2, 0.25) is 25.7 Å². The number of carboxylic acid groups (broad SMARTS) is 1. The zero-order valence-corrected chi connectivity index (χ0v) is 40.8. The van der Waals surface area contributed by atoms with Crippen molar-refractivity contribution in [3.8, 4) is 11.8 Å². The molecular formula is C52H62N8O7Si. The van der Waals surface area contributed by atoms with Gasteiger partial charge < -0.3 is 20.1 Å². The molecule has 3 aromatic heterocycles. The highest BCUT2D eigenvalue weighted by atomic mass is 28.3. The minimum atomic E-state index is -1.33. The lowest BCUT2D eigenvalue weighted by atomic mass is 9.83. The molecule has 16 heteroatoms. The Hall–Kier alpha value is -6.15. The molecule has 356 valence electrons. The van der Waals surface area contributed by atoms with Gasteiger partial charge in [0, 0.05) is 79.5 Å². The number of unbranched alkanes of at least 4 members (excludes halogenated alkanes) is 1. The summed E-state index contributed by atoms with van der Waals surface area (Å²) in [6.45, 7) is 10.4. The maximum atomic E-state index is 13.7. The second-order valence-electron chi connectivity index (χ2n) is 20.4. The molecule has 4 amide bonds. The van der Waals surface area contributed by atoms with Crippen LogP contribution in [0.4, 0.5) is 10.6 Å². The zero-order chi connectivity index (χ0) is 47.9. The van der Waals surface area contributed by atoms with Gasteiger partial charge in [-0.1, -0.05) is 43.6 Å². The molecule has 2 saturated heterocycles. The van der Waals surface area contributed by atoms with Crippen molar-refractivity contribution in [1.29, 1.82) is 0 Å². The molecule has 3 fully saturated rings. The molecule has 0 radical (unpaired) electrons. The summed E-state index contributed by atoms with van der Waals surface area (Å²) in [5, 5.41) is 19.8. The lowest BCUT2D eigenvalue weighted by Crippen LogP contribution is -2.55. The van der Waals surface area contributed by atoms with Gasteiger partial charge in [0.25, 0.3) is 17.7 Å². The minimum Gasteiger partial charge on any atom is -0.464 e. The number of carbonyl (C=O) groups excluding carboxylic acids is 4. The molecule has 15 nitrogen and oxygen atoms in total. The average Bonchev–Trinajstić information content (AvgIpc) is 4.08. The van der Waals surface area contributed by atoms with Gasteiger partial charge in [0.05, 0.1) is 28.8 Å². The van der Waals surface area contributed by atoms with E-state index in [4.69, 9.17) is 9.84 Å². The van der Waals surface area contributed by atoms with E-state index in [1.54, 1.807) is 29.3 Å². The van der Waals surface area contributed by atoms with Crippen LogP contribution < -0.4 is 5.32 Å². The molecule has 4 aliphatic rings. The molecule has 1 saturated carbocycles. The van der Waals surface area contributed by atoms with E-state index in [9.17, 15) is 29.1 Å². The second kappa shape index (κ2) is 19.5. The highest BCUT2D eigenvalue weighted by Gasteiger charge is 2.43. The van der Waals surface area contributed by atoms with Gasteiger partial charge in [-0.15, -0.1) is 0 Å². The highest BCUT2D eigenvalue weighted by Crippen LogP contribution is 2.38. The molecule has 68 heavy (non-hydrogen) atoms. The Morgan fingerprint density at radius 2 is 1.78 bits per heavy atom. The number of hydrogen-bond acceptors (Lipinski definition) is 9. The maximum absolute atomic E-state index is 13.7. The Kier molecular flexibility index (Phi) is 13.4. The van der Waals surface area contributed by atoms with E-state index in [2.05, 4.69) is 51.4 Å². The zero-order valence-electron chi connectivity index (χ0n) is 39.8. The van der Waals surface area contributed by atoms with E-state index < -0.39 is 20.2 Å². The molecule has 3 aliphatic heterocycles. The summed E-state index contributed by atoms with van der Waals surface area (Å²) in [7, 11) is 0.683. The number of nitrogens with zero attached hydrogens (tertiary/aromatic N) is 7. The average molecular weight is 939 g/mol. The Bertz CT molecular complexity index is 2860. The van der Waals surface area contributed by atoms with Crippen LogP contribution in [0.1, 0.15) is 126 Å². The van der Waals surface area contributed by atoms with Gasteiger partial charge in [0.1, 0.15) is 18.6 Å². The van der Waals surface area contributed by atoms with Crippen molar-refractivity contribution < 1.29 is 33.8 Å². The van der Waals surface area contributed by atoms with E-state index in [1.807, 2.05) is 44.3 Å². The van der Waals surface area contributed by atoms with Gasteiger partial charge in [-0.05, 0) is 126 Å². The molecule has 9 rings (SSSR count). The molecule has 2 N–H and O–H groups in total. The van der Waals surface area contributed by atoms with Crippen LogP contribution in [0.5, 0.6) is 0 Å². The number of piperidine rings is 1. The first kappa shape index (κ1) is 46.9. The summed E-state index contributed by atoms with van der Waals surface area (Å²) >= 11 is 0. The molecule has 1 aliphatic carbocycles. The quantitative estimate of drug-likeness (QED) is 0.0503. The summed E-state index contributed by atoms with van der Waals surface area (Å²) in [5.74, 6) is 6.40. The normalized spacial score (nSPS) is 21.2. The number of nitrogens with one attached hydrogen (secondary N) is 1. The molecule has 0 spiro atoms. The fourth-order valence-electron chi connectivity index (χ4n) is 10.7. The van der Waals surface area contributed by atoms with Crippen molar-refractivity contribution in [2.24, 2.45) is 5.92 Å². The van der Waals surface area contributed by atoms with Gasteiger partial charge in [-0.3, -0.25) is 33.7 Å². The number of benzene rings is 2. The molecule has 1 unspecified atom stereocenters. The number of pyridine rings is 1. The Morgan fingerprint density at radius 1 is 0.971 bits per heavy atom. The summed E-state index contributed by atoms with van der Waals surface area (Å²) in [6, 6.07) is 15.2. The smallest absolute Gasteiger partial charge is 0.416 e. The number of carbonyl (C=O) groups is 5. The lowest BCUT2D eigenvalue weighted by molar-refractivity contribution is -0.158. The predicted molar refractivity (Wildman–Crippen MR) is 262 cm³/mol. The molecule has 0 bridgehead atoms. The number of anilines is 1. The fraction of sp³-hybridized carbons (Fsp3) is 0.481. The number of aromatic nitrogens is 4. The molecule has 6 heterocycles. The summed E-state index contributed by atoms with van der Waals surface area (Å²) in [5.41, 5.74) is 5.72. The van der Waals surface area contributed by atoms with Crippen molar-refractivity contribution in [2.75, 3.05) is 32.2 Å². The Balaban J connectivity index is 0.781. The van der Waals surface area contributed by atoms with Crippen molar-refractivity contribution >= 4 is 65.4 Å². The van der Waals surface area contributed by atoms with Crippen molar-refractivity contribution in [3.63, 3.8) is 0 Å². The predicted octanol–water partition coefficient (Wildman–Crippen LogP) is 8.98. The standard InChI is InChI=1S/C52H62N8O7Si/c1-33-39-21-18-36(49(62)54-47-29-44-37(30-53-47)28-46(59(44)52(65)66)42-15-10-24-56(42)2)27-45(39)60(55-33)38-19-16-34(17-20-38)11-7-6-8-12-35-13-9-14-40-41(35)31-57(50(40)63)43-22-23-48(61)58(51(43)64)32-67-25-26-68(3,4)5/h9,13-14,18,21,27-30,34,38,42-43H,6-7,10-11,15-17,19-20,22-26,31-32H2,1-5H3,(H,65,66)(H,53,54,62)/t34?,38?,42-,43?/m1/s1. The highest BCUT2D eigenvalue weighted by molar-refractivity contribution is 6.76. The van der Waals surface area contributed by atoms with E-state index >= 15 is 0 Å². The van der Waals surface area contributed by atoms with Gasteiger partial charge in [-0.2, -0.15) is 5.10 Å². The van der Waals surface area contributed by atoms with Crippen molar-refractivity contribution in [2.45, 2.75) is 128 Å². The largest absolute Gasteiger partial charge is 0.464 e. The van der Waals surface area contributed by atoms with Crippen LogP contribution in [0.3, 0.4) is 0 Å². The van der Waals surface area contributed by atoms with E-state index in [0.717, 1.165) is 98.1 Å². The molecular weight excluding hydrogens is 877 g/mol. The van der Waals surface area contributed by atoms with Gasteiger partial charge in [-0.25, -0.2) is 14.3 Å². The van der Waals surface area contributed by atoms with Crippen LogP contribution in [-0.2, 0) is 20.9 Å². The van der Waals surface area contributed by atoms with Crippen molar-refractivity contribution in [3.05, 3.63) is 88.4 Å². The van der Waals surface area contributed by atoms with E-state index in [-0.39, 0.29) is 61.2 Å². The Labute approximate surface area is 398 Å². The SMILES string of the molecule is Cc1nn(C2CCC(CCCC#Cc3cccc4c3CN(C3CCC(=O)N(COCC[Si](C)(C)C)C3=O)C4=O)CC2)c2cc(C(=O)Nc3cc4c(cn3)cc([C@H]3CCCN3C)n4C(=O)O)ccc12. The number of likely N-dealkylation sites (tertiary alicyclic amines) is 2. The number of rotatable bonds is 13. The molecule has 2 atom stereocenters.